The van der Waals surface area contributed by atoms with Gasteiger partial charge in [-0.3, -0.25) is 9.59 Å². The van der Waals surface area contributed by atoms with Crippen molar-refractivity contribution in [1.82, 2.24) is 0 Å². The molecule has 0 fully saturated rings. The molecule has 0 rings (SSSR count). The molecule has 0 aliphatic carbocycles. The molecule has 0 saturated carbocycles. The third kappa shape index (κ3) is 11.0. The van der Waals surface area contributed by atoms with Crippen LogP contribution >= 0.6 is 15.9 Å². The molecule has 1 unspecified atom stereocenters. The van der Waals surface area contributed by atoms with Gasteiger partial charge >= 0.3 is 11.9 Å². The van der Waals surface area contributed by atoms with Crippen LogP contribution in [0.1, 0.15) is 58.8 Å². The first-order chi connectivity index (χ1) is 9.13. The molecule has 0 aromatic carbocycles. The Kier molecular flexibility index (Phi) is 12.1. The van der Waals surface area contributed by atoms with Crippen molar-refractivity contribution in [2.45, 2.75) is 64.9 Å². The molecule has 0 saturated heterocycles. The highest BCUT2D eigenvalue weighted by molar-refractivity contribution is 9.09. The number of ether oxygens (including phenoxy) is 2. The molecule has 0 aromatic rings. The van der Waals surface area contributed by atoms with Crippen molar-refractivity contribution in [2.75, 3.05) is 11.9 Å². The molecule has 0 aromatic heterocycles. The maximum Gasteiger partial charge on any atom is 0.309 e. The fraction of sp³-hybridized carbons (Fsp3) is 0.857. The largest absolute Gasteiger partial charge is 0.466 e. The fourth-order valence-corrected chi connectivity index (χ4v) is 1.84. The number of esters is 2. The average molecular weight is 337 g/mol. The molecule has 4 nitrogen and oxygen atoms in total. The van der Waals surface area contributed by atoms with E-state index in [1.54, 1.807) is 0 Å². The lowest BCUT2D eigenvalue weighted by molar-refractivity contribution is -0.154. The van der Waals surface area contributed by atoms with Gasteiger partial charge in [-0.05, 0) is 12.8 Å². The monoisotopic (exact) mass is 336 g/mol. The number of rotatable bonds is 11. The lowest BCUT2D eigenvalue weighted by Crippen LogP contribution is -2.24. The van der Waals surface area contributed by atoms with E-state index < -0.39 is 6.10 Å². The van der Waals surface area contributed by atoms with Crippen LogP contribution in [0.4, 0.5) is 0 Å². The Morgan fingerprint density at radius 1 is 1.05 bits per heavy atom. The number of hydrogen-bond donors (Lipinski definition) is 0. The zero-order valence-corrected chi connectivity index (χ0v) is 13.5. The van der Waals surface area contributed by atoms with E-state index >= 15 is 0 Å². The Hall–Kier alpha value is -0.580. The summed E-state index contributed by atoms with van der Waals surface area (Å²) in [7, 11) is 0. The summed E-state index contributed by atoms with van der Waals surface area (Å²) in [4.78, 5) is 23.0. The summed E-state index contributed by atoms with van der Waals surface area (Å²) in [5.41, 5.74) is 0. The van der Waals surface area contributed by atoms with Gasteiger partial charge in [0.1, 0.15) is 6.10 Å². The topological polar surface area (TPSA) is 52.6 Å². The van der Waals surface area contributed by atoms with Crippen molar-refractivity contribution in [3.05, 3.63) is 0 Å². The fourth-order valence-electron chi connectivity index (χ4n) is 1.48. The van der Waals surface area contributed by atoms with Gasteiger partial charge in [0.25, 0.3) is 0 Å². The van der Waals surface area contributed by atoms with Crippen LogP contribution in [-0.4, -0.2) is 30.0 Å². The second kappa shape index (κ2) is 12.5. The molecule has 0 radical (unpaired) electrons. The third-order valence-electron chi connectivity index (χ3n) is 2.61. The van der Waals surface area contributed by atoms with Gasteiger partial charge in [0, 0.05) is 11.8 Å². The minimum atomic E-state index is -0.428. The Bertz CT molecular complexity index is 256. The molecule has 0 aliphatic heterocycles. The summed E-state index contributed by atoms with van der Waals surface area (Å²) in [5.74, 6) is -0.547. The minimum absolute atomic E-state index is 0.120. The van der Waals surface area contributed by atoms with Gasteiger partial charge in [-0.1, -0.05) is 49.0 Å². The van der Waals surface area contributed by atoms with Crippen LogP contribution in [-0.2, 0) is 19.1 Å². The van der Waals surface area contributed by atoms with E-state index in [0.29, 0.717) is 18.4 Å². The Morgan fingerprint density at radius 3 is 2.32 bits per heavy atom. The maximum absolute atomic E-state index is 11.5. The molecule has 0 N–H and O–H groups in total. The van der Waals surface area contributed by atoms with Crippen LogP contribution in [0.2, 0.25) is 0 Å². The normalized spacial score (nSPS) is 11.9. The molecule has 5 heteroatoms. The maximum atomic E-state index is 11.5. The zero-order chi connectivity index (χ0) is 14.5. The first-order valence-corrected chi connectivity index (χ1v) is 8.17. The molecule has 0 bridgehead atoms. The number of alkyl halides is 1. The van der Waals surface area contributed by atoms with Crippen molar-refractivity contribution in [3.8, 4) is 0 Å². The molecule has 0 amide bonds. The summed E-state index contributed by atoms with van der Waals surface area (Å²) in [5, 5.41) is 0.453. The molecule has 19 heavy (non-hydrogen) atoms. The summed E-state index contributed by atoms with van der Waals surface area (Å²) in [6.45, 7) is 4.56. The van der Waals surface area contributed by atoms with Gasteiger partial charge in [-0.15, -0.1) is 0 Å². The van der Waals surface area contributed by atoms with Crippen molar-refractivity contribution in [1.29, 1.82) is 0 Å². The number of hydrogen-bond acceptors (Lipinski definition) is 4. The molecule has 1 atom stereocenters. The van der Waals surface area contributed by atoms with Crippen molar-refractivity contribution in [3.63, 3.8) is 0 Å². The van der Waals surface area contributed by atoms with Gasteiger partial charge in [0.15, 0.2) is 0 Å². The molecule has 0 spiro atoms. The highest BCUT2D eigenvalue weighted by Gasteiger charge is 2.18. The highest BCUT2D eigenvalue weighted by Crippen LogP contribution is 2.08. The number of halogens is 1. The van der Waals surface area contributed by atoms with E-state index in [2.05, 4.69) is 22.9 Å². The van der Waals surface area contributed by atoms with E-state index in [0.717, 1.165) is 32.1 Å². The van der Waals surface area contributed by atoms with Crippen LogP contribution in [0, 0.1) is 0 Å². The summed E-state index contributed by atoms with van der Waals surface area (Å²) in [6.07, 6.45) is 4.90. The lowest BCUT2D eigenvalue weighted by Gasteiger charge is -2.14. The summed E-state index contributed by atoms with van der Waals surface area (Å²) < 4.78 is 10.3. The number of carbonyl (C=O) groups excluding carboxylic acids is 2. The lowest BCUT2D eigenvalue weighted by atomic mass is 10.2. The first-order valence-electron chi connectivity index (χ1n) is 7.05. The molecular formula is C14H25BrO4. The number of carbonyl (C=O) groups is 2. The summed E-state index contributed by atoms with van der Waals surface area (Å²) >= 11 is 3.25. The second-order valence-corrected chi connectivity index (χ2v) is 5.15. The van der Waals surface area contributed by atoms with Crippen molar-refractivity contribution >= 4 is 27.9 Å². The predicted molar refractivity (Wildman–Crippen MR) is 78.3 cm³/mol. The van der Waals surface area contributed by atoms with E-state index in [9.17, 15) is 9.59 Å². The van der Waals surface area contributed by atoms with Crippen LogP contribution in [0.15, 0.2) is 0 Å². The zero-order valence-electron chi connectivity index (χ0n) is 12.0. The van der Waals surface area contributed by atoms with Gasteiger partial charge in [-0.2, -0.15) is 0 Å². The van der Waals surface area contributed by atoms with Gasteiger partial charge in [0.05, 0.1) is 13.0 Å². The Morgan fingerprint density at radius 2 is 1.74 bits per heavy atom. The van der Waals surface area contributed by atoms with Crippen LogP contribution in [0.25, 0.3) is 0 Å². The molecule has 0 aliphatic rings. The Balaban J connectivity index is 3.84. The number of unbranched alkanes of at least 4 members (excludes halogenated alkanes) is 3. The van der Waals surface area contributed by atoms with E-state index in [4.69, 9.17) is 9.47 Å². The quantitative estimate of drug-likeness (QED) is 0.328. The summed E-state index contributed by atoms with van der Waals surface area (Å²) in [6, 6.07) is 0. The molecular weight excluding hydrogens is 312 g/mol. The Labute approximate surface area is 124 Å². The van der Waals surface area contributed by atoms with Crippen molar-refractivity contribution < 1.29 is 19.1 Å². The standard InChI is InChI=1S/C14H25BrO4/c1-3-5-7-9-18-14(17)10-12(11-15)19-13(16)8-6-4-2/h12H,3-11H2,1-2H3. The van der Waals surface area contributed by atoms with Crippen molar-refractivity contribution in [2.24, 2.45) is 0 Å². The molecule has 0 heterocycles. The molecule has 112 valence electrons. The van der Waals surface area contributed by atoms with Crippen LogP contribution in [0.3, 0.4) is 0 Å². The van der Waals surface area contributed by atoms with Crippen LogP contribution < -0.4 is 0 Å². The minimum Gasteiger partial charge on any atom is -0.466 e. The SMILES string of the molecule is CCCCCOC(=O)CC(CBr)OC(=O)CCCC. The van der Waals surface area contributed by atoms with E-state index in [1.807, 2.05) is 6.92 Å². The van der Waals surface area contributed by atoms with Gasteiger partial charge in [-0.25, -0.2) is 0 Å². The smallest absolute Gasteiger partial charge is 0.309 e. The third-order valence-corrected chi connectivity index (χ3v) is 3.33. The second-order valence-electron chi connectivity index (χ2n) is 4.50. The van der Waals surface area contributed by atoms with Gasteiger partial charge < -0.3 is 9.47 Å². The highest BCUT2D eigenvalue weighted by atomic mass is 79.9. The predicted octanol–water partition coefficient (Wildman–Crippen LogP) is 3.61. The first kappa shape index (κ1) is 18.4. The van der Waals surface area contributed by atoms with Gasteiger partial charge in [0.2, 0.25) is 0 Å². The van der Waals surface area contributed by atoms with E-state index in [1.165, 1.54) is 0 Å². The van der Waals surface area contributed by atoms with E-state index in [-0.39, 0.29) is 18.4 Å². The van der Waals surface area contributed by atoms with Crippen LogP contribution in [0.5, 0.6) is 0 Å². The average Bonchev–Trinajstić information content (AvgIpc) is 2.40.